The third kappa shape index (κ3) is 2.52. The molecule has 0 aliphatic carbocycles. The van der Waals surface area contributed by atoms with E-state index >= 15 is 0 Å². The summed E-state index contributed by atoms with van der Waals surface area (Å²) in [5.41, 5.74) is 0. The van der Waals surface area contributed by atoms with E-state index in [1.165, 1.54) is 0 Å². The summed E-state index contributed by atoms with van der Waals surface area (Å²) in [6.07, 6.45) is 3.22. The van der Waals surface area contributed by atoms with Crippen molar-refractivity contribution in [2.24, 2.45) is 0 Å². The Morgan fingerprint density at radius 2 is 1.93 bits per heavy atom. The quantitative estimate of drug-likeness (QED) is 0.843. The number of ether oxygens (including phenoxy) is 1. The van der Waals surface area contributed by atoms with Crippen LogP contribution in [0.25, 0.3) is 0 Å². The average Bonchev–Trinajstić information content (AvgIpc) is 2.65. The van der Waals surface area contributed by atoms with E-state index in [1.54, 1.807) is 12.4 Å². The van der Waals surface area contributed by atoms with Crippen LogP contribution in [0.5, 0.6) is 5.75 Å². The highest BCUT2D eigenvalue weighted by atomic mass is 19.1. The molecule has 0 aliphatic rings. The Hall–Kier alpha value is -1.91. The lowest BCUT2D eigenvalue weighted by Gasteiger charge is -2.04. The van der Waals surface area contributed by atoms with Crippen LogP contribution in [0, 0.1) is 11.6 Å². The summed E-state index contributed by atoms with van der Waals surface area (Å²) in [6.45, 7) is 0.149. The van der Waals surface area contributed by atoms with Gasteiger partial charge in [0, 0.05) is 30.6 Å². The molecule has 78 valence electrons. The second-order valence-corrected chi connectivity index (χ2v) is 2.93. The molecule has 0 radical (unpaired) electrons. The Kier molecular flexibility index (Phi) is 2.62. The molecule has 15 heavy (non-hydrogen) atoms. The third-order valence-electron chi connectivity index (χ3n) is 1.77. The lowest BCUT2D eigenvalue weighted by Crippen LogP contribution is -1.98. The van der Waals surface area contributed by atoms with E-state index in [0.29, 0.717) is 5.82 Å². The first kappa shape index (κ1) is 9.64. The fourth-order valence-electron chi connectivity index (χ4n) is 1.14. The molecule has 1 heterocycles. The van der Waals surface area contributed by atoms with Gasteiger partial charge in [0.2, 0.25) is 0 Å². The lowest BCUT2D eigenvalue weighted by atomic mass is 10.3. The monoisotopic (exact) mass is 210 g/mol. The zero-order valence-electron chi connectivity index (χ0n) is 7.71. The van der Waals surface area contributed by atoms with Crippen LogP contribution in [0.3, 0.4) is 0 Å². The van der Waals surface area contributed by atoms with E-state index in [4.69, 9.17) is 4.74 Å². The molecule has 0 bridgehead atoms. The van der Waals surface area contributed by atoms with Crippen molar-refractivity contribution in [1.29, 1.82) is 0 Å². The van der Waals surface area contributed by atoms with Gasteiger partial charge in [-0.15, -0.1) is 0 Å². The molecule has 1 aromatic heterocycles. The van der Waals surface area contributed by atoms with Crippen LogP contribution >= 0.6 is 0 Å². The first-order chi connectivity index (χ1) is 7.24. The summed E-state index contributed by atoms with van der Waals surface area (Å²) in [4.78, 5) is 6.72. The topological polar surface area (TPSA) is 37.9 Å². The molecular weight excluding hydrogens is 202 g/mol. The molecular formula is C10H8F2N2O. The number of nitrogens with one attached hydrogen (secondary N) is 1. The van der Waals surface area contributed by atoms with E-state index in [2.05, 4.69) is 9.97 Å². The summed E-state index contributed by atoms with van der Waals surface area (Å²) < 4.78 is 30.6. The molecule has 0 atom stereocenters. The minimum absolute atomic E-state index is 0.143. The number of aromatic nitrogens is 2. The van der Waals surface area contributed by atoms with E-state index in [9.17, 15) is 8.78 Å². The highest BCUT2D eigenvalue weighted by Crippen LogP contribution is 2.16. The van der Waals surface area contributed by atoms with Gasteiger partial charge in [-0.2, -0.15) is 0 Å². The maximum Gasteiger partial charge on any atom is 0.146 e. The van der Waals surface area contributed by atoms with Gasteiger partial charge >= 0.3 is 0 Å². The predicted octanol–water partition coefficient (Wildman–Crippen LogP) is 2.27. The highest BCUT2D eigenvalue weighted by molar-refractivity contribution is 5.23. The smallest absolute Gasteiger partial charge is 0.146 e. The van der Waals surface area contributed by atoms with Gasteiger partial charge in [0.15, 0.2) is 0 Å². The molecule has 5 heteroatoms. The number of H-pyrrole nitrogens is 1. The Labute approximate surface area is 84.7 Å². The minimum Gasteiger partial charge on any atom is -0.485 e. The van der Waals surface area contributed by atoms with Crippen molar-refractivity contribution in [3.8, 4) is 5.75 Å². The number of imidazole rings is 1. The zero-order chi connectivity index (χ0) is 10.7. The van der Waals surface area contributed by atoms with Crippen LogP contribution in [0.15, 0.2) is 30.6 Å². The molecule has 0 spiro atoms. The van der Waals surface area contributed by atoms with Gasteiger partial charge in [0.05, 0.1) is 0 Å². The fraction of sp³-hybridized carbons (Fsp3) is 0.100. The normalized spacial score (nSPS) is 10.3. The zero-order valence-corrected chi connectivity index (χ0v) is 7.71. The molecule has 2 rings (SSSR count). The number of hydrogen-bond donors (Lipinski definition) is 1. The van der Waals surface area contributed by atoms with Crippen LogP contribution in [0.2, 0.25) is 0 Å². The Morgan fingerprint density at radius 1 is 1.20 bits per heavy atom. The second kappa shape index (κ2) is 4.08. The van der Waals surface area contributed by atoms with Crippen molar-refractivity contribution in [3.63, 3.8) is 0 Å². The van der Waals surface area contributed by atoms with Crippen molar-refractivity contribution < 1.29 is 13.5 Å². The third-order valence-corrected chi connectivity index (χ3v) is 1.77. The lowest BCUT2D eigenvalue weighted by molar-refractivity contribution is 0.294. The minimum atomic E-state index is -0.663. The molecule has 1 aromatic carbocycles. The second-order valence-electron chi connectivity index (χ2n) is 2.93. The molecule has 2 aromatic rings. The van der Waals surface area contributed by atoms with Gasteiger partial charge in [-0.1, -0.05) is 0 Å². The van der Waals surface area contributed by atoms with E-state index in [-0.39, 0.29) is 12.4 Å². The highest BCUT2D eigenvalue weighted by Gasteiger charge is 2.02. The summed E-state index contributed by atoms with van der Waals surface area (Å²) in [7, 11) is 0. The van der Waals surface area contributed by atoms with Crippen molar-refractivity contribution in [2.45, 2.75) is 6.61 Å². The van der Waals surface area contributed by atoms with Crippen LogP contribution in [0.4, 0.5) is 8.78 Å². The van der Waals surface area contributed by atoms with Crippen molar-refractivity contribution >= 4 is 0 Å². The average molecular weight is 210 g/mol. The summed E-state index contributed by atoms with van der Waals surface area (Å²) >= 11 is 0. The molecule has 0 fully saturated rings. The van der Waals surface area contributed by atoms with E-state index in [0.717, 1.165) is 18.2 Å². The molecule has 0 unspecified atom stereocenters. The molecule has 1 N–H and O–H groups in total. The fourth-order valence-corrected chi connectivity index (χ4v) is 1.14. The number of nitrogens with zero attached hydrogens (tertiary/aromatic N) is 1. The van der Waals surface area contributed by atoms with Crippen molar-refractivity contribution in [1.82, 2.24) is 9.97 Å². The molecule has 0 saturated heterocycles. The van der Waals surface area contributed by atoms with Gasteiger partial charge in [-0.05, 0) is 0 Å². The predicted molar refractivity (Wildman–Crippen MR) is 49.3 cm³/mol. The van der Waals surface area contributed by atoms with Gasteiger partial charge in [0.25, 0.3) is 0 Å². The van der Waals surface area contributed by atoms with E-state index in [1.807, 2.05) is 0 Å². The van der Waals surface area contributed by atoms with E-state index < -0.39 is 11.6 Å². The summed E-state index contributed by atoms with van der Waals surface area (Å²) in [5.74, 6) is -0.586. The van der Waals surface area contributed by atoms with Crippen LogP contribution in [-0.4, -0.2) is 9.97 Å². The standard InChI is InChI=1S/C10H8F2N2O/c11-7-3-8(12)5-9(4-7)15-6-10-13-1-2-14-10/h1-5H,6H2,(H,13,14). The first-order valence-corrected chi connectivity index (χ1v) is 4.31. The first-order valence-electron chi connectivity index (χ1n) is 4.31. The Morgan fingerprint density at radius 3 is 2.53 bits per heavy atom. The van der Waals surface area contributed by atoms with Crippen LogP contribution in [0.1, 0.15) is 5.82 Å². The summed E-state index contributed by atoms with van der Waals surface area (Å²) in [5, 5.41) is 0. The number of aromatic amines is 1. The maximum absolute atomic E-state index is 12.8. The van der Waals surface area contributed by atoms with Crippen LogP contribution < -0.4 is 4.74 Å². The molecule has 0 amide bonds. The summed E-state index contributed by atoms with van der Waals surface area (Å²) in [6, 6.07) is 3.03. The number of benzene rings is 1. The maximum atomic E-state index is 12.8. The molecule has 0 saturated carbocycles. The Balaban J connectivity index is 2.05. The van der Waals surface area contributed by atoms with Crippen LogP contribution in [-0.2, 0) is 6.61 Å². The Bertz CT molecular complexity index is 422. The molecule has 3 nitrogen and oxygen atoms in total. The van der Waals surface area contributed by atoms with Gasteiger partial charge in [-0.25, -0.2) is 13.8 Å². The largest absolute Gasteiger partial charge is 0.485 e. The van der Waals surface area contributed by atoms with Gasteiger partial charge < -0.3 is 9.72 Å². The molecule has 0 aliphatic heterocycles. The van der Waals surface area contributed by atoms with Crippen molar-refractivity contribution in [3.05, 3.63) is 48.1 Å². The van der Waals surface area contributed by atoms with Gasteiger partial charge in [0.1, 0.15) is 29.8 Å². The number of halogens is 2. The van der Waals surface area contributed by atoms with Crippen molar-refractivity contribution in [2.75, 3.05) is 0 Å². The van der Waals surface area contributed by atoms with Gasteiger partial charge in [-0.3, -0.25) is 0 Å². The number of rotatable bonds is 3. The number of hydrogen-bond acceptors (Lipinski definition) is 2. The SMILES string of the molecule is Fc1cc(F)cc(OCc2ncc[nH]2)c1.